The van der Waals surface area contributed by atoms with Gasteiger partial charge in [0, 0.05) is 31.6 Å². The number of hydrogen-bond donors (Lipinski definition) is 2. The number of likely N-dealkylation sites (tertiary alicyclic amines) is 1. The molecule has 0 unspecified atom stereocenters. The molecule has 5 heteroatoms. The monoisotopic (exact) mass is 379 g/mol. The Kier molecular flexibility index (Phi) is 7.20. The second-order valence-electron chi connectivity index (χ2n) is 7.40. The van der Waals surface area contributed by atoms with Gasteiger partial charge in [0.15, 0.2) is 0 Å². The molecule has 1 heterocycles. The Bertz CT molecular complexity index is 796. The van der Waals surface area contributed by atoms with Crippen LogP contribution in [0.2, 0.25) is 0 Å². The molecule has 0 bridgehead atoms. The van der Waals surface area contributed by atoms with Gasteiger partial charge in [0.05, 0.1) is 0 Å². The van der Waals surface area contributed by atoms with Gasteiger partial charge < -0.3 is 10.6 Å². The number of nitrogens with one attached hydrogen (secondary N) is 2. The highest BCUT2D eigenvalue weighted by Crippen LogP contribution is 2.13. The Labute approximate surface area is 167 Å². The summed E-state index contributed by atoms with van der Waals surface area (Å²) < 4.78 is 0. The minimum Gasteiger partial charge on any atom is -0.352 e. The third-order valence-corrected chi connectivity index (χ3v) is 5.14. The molecule has 1 fully saturated rings. The molecule has 2 N–H and O–H groups in total. The van der Waals surface area contributed by atoms with E-state index < -0.39 is 0 Å². The first-order valence-corrected chi connectivity index (χ1v) is 10.0. The van der Waals surface area contributed by atoms with Crippen molar-refractivity contribution in [2.24, 2.45) is 0 Å². The second kappa shape index (κ2) is 10.0. The van der Waals surface area contributed by atoms with Crippen molar-refractivity contribution in [1.29, 1.82) is 0 Å². The molecule has 0 aromatic heterocycles. The molecule has 2 aromatic carbocycles. The lowest BCUT2D eigenvalue weighted by atomic mass is 10.1. The third-order valence-electron chi connectivity index (χ3n) is 5.14. The first-order valence-electron chi connectivity index (χ1n) is 10.0. The van der Waals surface area contributed by atoms with Gasteiger partial charge in [-0.2, -0.15) is 0 Å². The average Bonchev–Trinajstić information content (AvgIpc) is 3.21. The highest BCUT2D eigenvalue weighted by molar-refractivity contribution is 5.95. The van der Waals surface area contributed by atoms with Crippen LogP contribution in [0.3, 0.4) is 0 Å². The molecular formula is C23H29N3O2. The fourth-order valence-corrected chi connectivity index (χ4v) is 3.46. The van der Waals surface area contributed by atoms with Crippen molar-refractivity contribution in [2.45, 2.75) is 39.3 Å². The van der Waals surface area contributed by atoms with Crippen molar-refractivity contribution >= 4 is 11.8 Å². The highest BCUT2D eigenvalue weighted by atomic mass is 16.2. The van der Waals surface area contributed by atoms with E-state index in [-0.39, 0.29) is 18.2 Å². The number of aryl methyl sites for hydroxylation is 1. The van der Waals surface area contributed by atoms with E-state index in [1.165, 1.54) is 31.5 Å². The van der Waals surface area contributed by atoms with Gasteiger partial charge in [-0.05, 0) is 55.6 Å². The summed E-state index contributed by atoms with van der Waals surface area (Å²) in [6.45, 7) is 6.13. The number of rotatable bonds is 8. The summed E-state index contributed by atoms with van der Waals surface area (Å²) >= 11 is 0. The summed E-state index contributed by atoms with van der Waals surface area (Å²) in [6.07, 6.45) is 2.87. The predicted octanol–water partition coefficient (Wildman–Crippen LogP) is 3.03. The fraction of sp³-hybridized carbons (Fsp3) is 0.391. The molecule has 28 heavy (non-hydrogen) atoms. The normalized spacial score (nSPS) is 14.0. The predicted molar refractivity (Wildman–Crippen MR) is 111 cm³/mol. The van der Waals surface area contributed by atoms with E-state index in [0.29, 0.717) is 18.7 Å². The maximum atomic E-state index is 12.1. The Balaban J connectivity index is 1.36. The van der Waals surface area contributed by atoms with Crippen LogP contribution in [0.5, 0.6) is 0 Å². The lowest BCUT2D eigenvalue weighted by molar-refractivity contribution is -0.121. The van der Waals surface area contributed by atoms with Crippen molar-refractivity contribution in [3.63, 3.8) is 0 Å². The van der Waals surface area contributed by atoms with Crippen molar-refractivity contribution < 1.29 is 9.59 Å². The maximum absolute atomic E-state index is 12.1. The molecule has 0 atom stereocenters. The Morgan fingerprint density at radius 3 is 2.32 bits per heavy atom. The van der Waals surface area contributed by atoms with E-state index >= 15 is 0 Å². The van der Waals surface area contributed by atoms with Crippen LogP contribution < -0.4 is 10.6 Å². The molecule has 0 spiro atoms. The molecule has 0 aliphatic carbocycles. The second-order valence-corrected chi connectivity index (χ2v) is 7.40. The van der Waals surface area contributed by atoms with Crippen LogP contribution in [0.1, 0.15) is 46.3 Å². The molecule has 1 saturated heterocycles. The molecule has 1 aliphatic heterocycles. The van der Waals surface area contributed by atoms with Crippen LogP contribution in [-0.4, -0.2) is 36.3 Å². The summed E-state index contributed by atoms with van der Waals surface area (Å²) in [7, 11) is 0. The molecule has 1 aliphatic rings. The van der Waals surface area contributed by atoms with Crippen LogP contribution in [0.25, 0.3) is 0 Å². The first-order chi connectivity index (χ1) is 13.6. The quantitative estimate of drug-likeness (QED) is 0.741. The largest absolute Gasteiger partial charge is 0.352 e. The topological polar surface area (TPSA) is 61.4 Å². The van der Waals surface area contributed by atoms with E-state index in [2.05, 4.69) is 39.8 Å². The summed E-state index contributed by atoms with van der Waals surface area (Å²) in [4.78, 5) is 26.6. The number of carbonyl (C=O) groups is 2. The number of amides is 2. The van der Waals surface area contributed by atoms with Crippen LogP contribution in [0.15, 0.2) is 48.5 Å². The van der Waals surface area contributed by atoms with Gasteiger partial charge in [0.25, 0.3) is 5.91 Å². The molecule has 2 aromatic rings. The molecule has 148 valence electrons. The number of benzene rings is 2. The van der Waals surface area contributed by atoms with Crippen LogP contribution in [0, 0.1) is 6.92 Å². The lowest BCUT2D eigenvalue weighted by Gasteiger charge is -2.14. The van der Waals surface area contributed by atoms with Crippen molar-refractivity contribution in [1.82, 2.24) is 15.5 Å². The van der Waals surface area contributed by atoms with E-state index in [1.54, 1.807) is 6.07 Å². The van der Waals surface area contributed by atoms with E-state index in [9.17, 15) is 9.59 Å². The smallest absolute Gasteiger partial charge is 0.251 e. The molecule has 0 saturated carbocycles. The van der Waals surface area contributed by atoms with Gasteiger partial charge in [-0.1, -0.05) is 42.5 Å². The first kappa shape index (κ1) is 20.1. The fourth-order valence-electron chi connectivity index (χ4n) is 3.46. The third kappa shape index (κ3) is 5.92. The van der Waals surface area contributed by atoms with Crippen LogP contribution in [0.4, 0.5) is 0 Å². The van der Waals surface area contributed by atoms with E-state index in [1.807, 2.05) is 25.1 Å². The van der Waals surface area contributed by atoms with Gasteiger partial charge in [0.1, 0.15) is 0 Å². The van der Waals surface area contributed by atoms with Crippen LogP contribution in [-0.2, 0) is 17.9 Å². The SMILES string of the molecule is Cc1ccccc1C(=O)NCCC(=O)NCc1ccc(CN2CCCC2)cc1. The number of hydrogen-bond acceptors (Lipinski definition) is 3. The van der Waals surface area contributed by atoms with Gasteiger partial charge in [-0.15, -0.1) is 0 Å². The van der Waals surface area contributed by atoms with Gasteiger partial charge in [-0.3, -0.25) is 14.5 Å². The zero-order valence-corrected chi connectivity index (χ0v) is 16.5. The number of carbonyl (C=O) groups excluding carboxylic acids is 2. The average molecular weight is 380 g/mol. The minimum absolute atomic E-state index is 0.0637. The van der Waals surface area contributed by atoms with Crippen molar-refractivity contribution in [3.05, 3.63) is 70.8 Å². The highest BCUT2D eigenvalue weighted by Gasteiger charge is 2.12. The molecule has 5 nitrogen and oxygen atoms in total. The Hall–Kier alpha value is -2.66. The lowest BCUT2D eigenvalue weighted by Crippen LogP contribution is -2.30. The van der Waals surface area contributed by atoms with Gasteiger partial charge in [0.2, 0.25) is 5.91 Å². The van der Waals surface area contributed by atoms with Crippen molar-refractivity contribution in [3.8, 4) is 0 Å². The molecular weight excluding hydrogens is 350 g/mol. The zero-order valence-electron chi connectivity index (χ0n) is 16.5. The minimum atomic E-state index is -0.139. The van der Waals surface area contributed by atoms with Gasteiger partial charge in [-0.25, -0.2) is 0 Å². The molecule has 3 rings (SSSR count). The molecule has 2 amide bonds. The Morgan fingerprint density at radius 2 is 1.61 bits per heavy atom. The van der Waals surface area contributed by atoms with Gasteiger partial charge >= 0.3 is 0 Å². The zero-order chi connectivity index (χ0) is 19.8. The maximum Gasteiger partial charge on any atom is 0.251 e. The van der Waals surface area contributed by atoms with E-state index in [4.69, 9.17) is 0 Å². The van der Waals surface area contributed by atoms with E-state index in [0.717, 1.165) is 17.7 Å². The number of nitrogens with zero attached hydrogens (tertiary/aromatic N) is 1. The summed E-state index contributed by atoms with van der Waals surface area (Å²) in [5, 5.41) is 5.72. The molecule has 0 radical (unpaired) electrons. The Morgan fingerprint density at radius 1 is 0.929 bits per heavy atom. The summed E-state index contributed by atoms with van der Waals surface area (Å²) in [5.41, 5.74) is 3.98. The van der Waals surface area contributed by atoms with Crippen LogP contribution >= 0.6 is 0 Å². The summed E-state index contributed by atoms with van der Waals surface area (Å²) in [5.74, 6) is -0.203. The standard InChI is InChI=1S/C23H29N3O2/c1-18-6-2-3-7-21(18)23(28)24-13-12-22(27)25-16-19-8-10-20(11-9-19)17-26-14-4-5-15-26/h2-3,6-11H,4-5,12-17H2,1H3,(H,24,28)(H,25,27). The summed E-state index contributed by atoms with van der Waals surface area (Å²) in [6, 6.07) is 15.9. The van der Waals surface area contributed by atoms with Crippen molar-refractivity contribution in [2.75, 3.05) is 19.6 Å².